The predicted molar refractivity (Wildman–Crippen MR) is 71.9 cm³/mol. The lowest BCUT2D eigenvalue weighted by Crippen LogP contribution is -2.21. The minimum Gasteiger partial charge on any atom is -0.269 e. The summed E-state index contributed by atoms with van der Waals surface area (Å²) in [5.41, 5.74) is 0.422. The molecule has 0 spiro atoms. The first kappa shape index (κ1) is 13.5. The second-order valence-electron chi connectivity index (χ2n) is 4.29. The van der Waals surface area contributed by atoms with Gasteiger partial charge in [-0.2, -0.15) is 0 Å². The lowest BCUT2D eigenvalue weighted by atomic mass is 10.2. The van der Waals surface area contributed by atoms with Crippen LogP contribution in [0.4, 0.5) is 5.69 Å². The van der Waals surface area contributed by atoms with E-state index in [-0.39, 0.29) is 22.0 Å². The second kappa shape index (κ2) is 4.97. The van der Waals surface area contributed by atoms with Gasteiger partial charge < -0.3 is 0 Å². The average Bonchev–Trinajstić information content (AvgIpc) is 2.34. The molecule has 0 N–H and O–H groups in total. The Hall–Kier alpha value is -1.95. The van der Waals surface area contributed by atoms with Crippen molar-refractivity contribution in [3.05, 3.63) is 49.0 Å². The van der Waals surface area contributed by atoms with Gasteiger partial charge in [0.15, 0.2) is 0 Å². The van der Waals surface area contributed by atoms with Crippen molar-refractivity contribution >= 4 is 22.9 Å². The fraction of sp³-hybridized carbons (Fsp3) is 0.333. The zero-order chi connectivity index (χ0) is 14.2. The Morgan fingerprint density at radius 1 is 1.53 bits per heavy atom. The second-order valence-corrected chi connectivity index (χ2v) is 4.65. The first-order valence-corrected chi connectivity index (χ1v) is 6.19. The highest BCUT2D eigenvalue weighted by atomic mass is 35.5. The van der Waals surface area contributed by atoms with Crippen molar-refractivity contribution in [2.45, 2.75) is 26.7 Å². The molecule has 0 unspecified atom stereocenters. The summed E-state index contributed by atoms with van der Waals surface area (Å²) in [4.78, 5) is 26.7. The lowest BCUT2D eigenvalue weighted by Gasteiger charge is -2.07. The Labute approximate surface area is 113 Å². The van der Waals surface area contributed by atoms with E-state index in [2.05, 4.69) is 4.98 Å². The number of halogens is 1. The maximum Gasteiger partial charge on any atom is 0.312 e. The zero-order valence-corrected chi connectivity index (χ0v) is 11.3. The molecule has 0 amide bonds. The van der Waals surface area contributed by atoms with Crippen LogP contribution in [0.2, 0.25) is 5.15 Å². The van der Waals surface area contributed by atoms with E-state index in [0.717, 1.165) is 6.42 Å². The first-order valence-electron chi connectivity index (χ1n) is 5.81. The molecule has 7 heteroatoms. The average molecular weight is 282 g/mol. The highest BCUT2D eigenvalue weighted by molar-refractivity contribution is 6.30. The largest absolute Gasteiger partial charge is 0.312 e. The van der Waals surface area contributed by atoms with Crippen molar-refractivity contribution in [1.29, 1.82) is 0 Å². The summed E-state index contributed by atoms with van der Waals surface area (Å²) >= 11 is 5.96. The molecule has 0 atom stereocenters. The minimum atomic E-state index is -0.565. The van der Waals surface area contributed by atoms with E-state index in [4.69, 9.17) is 11.6 Å². The normalized spacial score (nSPS) is 10.9. The van der Waals surface area contributed by atoms with Gasteiger partial charge in [0.1, 0.15) is 5.15 Å². The van der Waals surface area contributed by atoms with Crippen LogP contribution in [0.1, 0.15) is 24.5 Å². The van der Waals surface area contributed by atoms with Crippen LogP contribution in [-0.4, -0.2) is 14.3 Å². The Bertz CT molecular complexity index is 724. The monoisotopic (exact) mass is 281 g/mol. The highest BCUT2D eigenvalue weighted by Crippen LogP contribution is 2.21. The van der Waals surface area contributed by atoms with Crippen LogP contribution >= 0.6 is 11.6 Å². The van der Waals surface area contributed by atoms with Gasteiger partial charge in [0, 0.05) is 12.3 Å². The van der Waals surface area contributed by atoms with Gasteiger partial charge in [0.05, 0.1) is 10.5 Å². The van der Waals surface area contributed by atoms with E-state index in [1.165, 1.54) is 16.7 Å². The summed E-state index contributed by atoms with van der Waals surface area (Å²) < 4.78 is 1.20. The minimum absolute atomic E-state index is 0.0227. The third kappa shape index (κ3) is 2.31. The molecule has 0 aromatic carbocycles. The van der Waals surface area contributed by atoms with Crippen LogP contribution < -0.4 is 5.56 Å². The number of aryl methyl sites for hydroxylation is 1. The summed E-state index contributed by atoms with van der Waals surface area (Å²) in [5.74, 6) is 0. The van der Waals surface area contributed by atoms with Crippen molar-refractivity contribution in [1.82, 2.24) is 9.38 Å². The van der Waals surface area contributed by atoms with Crippen molar-refractivity contribution in [2.75, 3.05) is 0 Å². The molecule has 0 radical (unpaired) electrons. The van der Waals surface area contributed by atoms with Crippen molar-refractivity contribution in [2.24, 2.45) is 0 Å². The molecule has 0 saturated carbocycles. The van der Waals surface area contributed by atoms with E-state index < -0.39 is 4.92 Å². The molecule has 6 nitrogen and oxygen atoms in total. The van der Waals surface area contributed by atoms with Gasteiger partial charge in [0.25, 0.3) is 5.56 Å². The van der Waals surface area contributed by atoms with Gasteiger partial charge in [-0.15, -0.1) is 0 Å². The molecule has 2 aromatic heterocycles. The summed E-state index contributed by atoms with van der Waals surface area (Å²) in [5, 5.41) is 11.0. The molecular formula is C12H12ClN3O3. The van der Waals surface area contributed by atoms with Crippen molar-refractivity contribution in [3.8, 4) is 0 Å². The molecule has 0 aliphatic rings. The summed E-state index contributed by atoms with van der Waals surface area (Å²) in [6.45, 7) is 3.61. The Morgan fingerprint density at radius 2 is 2.21 bits per heavy atom. The Balaban J connectivity index is 2.91. The van der Waals surface area contributed by atoms with Gasteiger partial charge >= 0.3 is 5.69 Å². The number of nitro groups is 1. The molecule has 100 valence electrons. The predicted octanol–water partition coefficient (Wildman–Crippen LogP) is 2.52. The SMILES string of the molecule is CCCc1c(Cl)nc2c([N+](=O)[O-])cc(C)cn2c1=O. The van der Waals surface area contributed by atoms with Crippen molar-refractivity contribution in [3.63, 3.8) is 0 Å². The van der Waals surface area contributed by atoms with E-state index >= 15 is 0 Å². The number of pyridine rings is 1. The molecule has 0 bridgehead atoms. The van der Waals surface area contributed by atoms with Gasteiger partial charge in [-0.1, -0.05) is 24.9 Å². The molecule has 0 fully saturated rings. The molecule has 0 saturated heterocycles. The fourth-order valence-corrected chi connectivity index (χ4v) is 2.22. The number of fused-ring (bicyclic) bond motifs is 1. The molecule has 2 rings (SSSR count). The van der Waals surface area contributed by atoms with Crippen LogP contribution in [0.5, 0.6) is 0 Å². The molecular weight excluding hydrogens is 270 g/mol. The quantitative estimate of drug-likeness (QED) is 0.492. The van der Waals surface area contributed by atoms with Gasteiger partial charge in [-0.25, -0.2) is 4.98 Å². The molecule has 0 aliphatic heterocycles. The smallest absolute Gasteiger partial charge is 0.269 e. The number of aromatic nitrogens is 2. The van der Waals surface area contributed by atoms with E-state index in [1.54, 1.807) is 6.92 Å². The highest BCUT2D eigenvalue weighted by Gasteiger charge is 2.19. The number of nitrogens with zero attached hydrogens (tertiary/aromatic N) is 3. The molecule has 2 heterocycles. The number of hydrogen-bond donors (Lipinski definition) is 0. The zero-order valence-electron chi connectivity index (χ0n) is 10.5. The van der Waals surface area contributed by atoms with Crippen LogP contribution in [0, 0.1) is 17.0 Å². The Morgan fingerprint density at radius 3 is 2.79 bits per heavy atom. The third-order valence-corrected chi connectivity index (χ3v) is 3.09. The summed E-state index contributed by atoms with van der Waals surface area (Å²) in [6, 6.07) is 1.37. The van der Waals surface area contributed by atoms with Gasteiger partial charge in [0.2, 0.25) is 5.65 Å². The summed E-state index contributed by atoms with van der Waals surface area (Å²) in [7, 11) is 0. The van der Waals surface area contributed by atoms with Crippen molar-refractivity contribution < 1.29 is 4.92 Å². The topological polar surface area (TPSA) is 77.5 Å². The molecule has 0 aliphatic carbocycles. The maximum absolute atomic E-state index is 12.3. The van der Waals surface area contributed by atoms with Crippen LogP contribution in [0.15, 0.2) is 17.1 Å². The molecule has 19 heavy (non-hydrogen) atoms. The first-order chi connectivity index (χ1) is 8.95. The summed E-state index contributed by atoms with van der Waals surface area (Å²) in [6.07, 6.45) is 2.78. The van der Waals surface area contributed by atoms with Gasteiger partial charge in [-0.05, 0) is 18.9 Å². The third-order valence-electron chi connectivity index (χ3n) is 2.78. The number of hydrogen-bond acceptors (Lipinski definition) is 4. The van der Waals surface area contributed by atoms with Crippen LogP contribution in [0.25, 0.3) is 5.65 Å². The van der Waals surface area contributed by atoms with Crippen LogP contribution in [-0.2, 0) is 6.42 Å². The maximum atomic E-state index is 12.3. The van der Waals surface area contributed by atoms with E-state index in [0.29, 0.717) is 17.5 Å². The standard InChI is InChI=1S/C12H12ClN3O3/c1-3-4-8-10(13)14-11-9(16(18)19)5-7(2)6-15(11)12(8)17/h5-6H,3-4H2,1-2H3. The van der Waals surface area contributed by atoms with E-state index in [9.17, 15) is 14.9 Å². The number of rotatable bonds is 3. The Kier molecular flexibility index (Phi) is 3.53. The molecule has 2 aromatic rings. The van der Waals surface area contributed by atoms with E-state index in [1.807, 2.05) is 6.92 Å². The fourth-order valence-electron chi connectivity index (χ4n) is 1.96. The van der Waals surface area contributed by atoms with Crippen LogP contribution in [0.3, 0.4) is 0 Å². The lowest BCUT2D eigenvalue weighted by molar-refractivity contribution is -0.383. The van der Waals surface area contributed by atoms with Gasteiger partial charge in [-0.3, -0.25) is 19.3 Å².